The van der Waals surface area contributed by atoms with Gasteiger partial charge in [0, 0.05) is 29.9 Å². The lowest BCUT2D eigenvalue weighted by Crippen LogP contribution is -2.30. The molecule has 0 fully saturated rings. The summed E-state index contributed by atoms with van der Waals surface area (Å²) in [5.74, 6) is -0.137. The number of hydrogen-bond acceptors (Lipinski definition) is 3. The summed E-state index contributed by atoms with van der Waals surface area (Å²) in [6.45, 7) is 2.89. The number of sulfone groups is 1. The van der Waals surface area contributed by atoms with Gasteiger partial charge in [0.15, 0.2) is 9.84 Å². The predicted molar refractivity (Wildman–Crippen MR) is 96.9 cm³/mol. The lowest BCUT2D eigenvalue weighted by atomic mass is 10.1. The molecule has 2 rings (SSSR count). The minimum Gasteiger partial charge on any atom is -0.335 e. The summed E-state index contributed by atoms with van der Waals surface area (Å²) >= 11 is 6.16. The number of amides is 1. The Morgan fingerprint density at radius 2 is 1.71 bits per heavy atom. The number of halogens is 1. The van der Waals surface area contributed by atoms with Crippen LogP contribution in [0.1, 0.15) is 28.4 Å². The Bertz CT molecular complexity index is 816. The Morgan fingerprint density at radius 3 is 2.25 bits per heavy atom. The molecule has 128 valence electrons. The van der Waals surface area contributed by atoms with E-state index in [1.54, 1.807) is 35.2 Å². The van der Waals surface area contributed by atoms with Crippen molar-refractivity contribution in [1.82, 2.24) is 4.90 Å². The van der Waals surface area contributed by atoms with Crippen LogP contribution >= 0.6 is 11.6 Å². The van der Waals surface area contributed by atoms with E-state index in [0.29, 0.717) is 29.2 Å². The van der Waals surface area contributed by atoms with Crippen molar-refractivity contribution in [2.45, 2.75) is 19.2 Å². The Morgan fingerprint density at radius 1 is 1.08 bits per heavy atom. The predicted octanol–water partition coefficient (Wildman–Crippen LogP) is 3.55. The third-order valence-corrected chi connectivity index (χ3v) is 4.84. The van der Waals surface area contributed by atoms with Crippen molar-refractivity contribution in [3.8, 4) is 0 Å². The lowest BCUT2D eigenvalue weighted by Gasteiger charge is -2.21. The molecule has 4 nitrogen and oxygen atoms in total. The molecule has 0 heterocycles. The molecule has 0 N–H and O–H groups in total. The van der Waals surface area contributed by atoms with Gasteiger partial charge in [-0.15, -0.1) is 0 Å². The van der Waals surface area contributed by atoms with E-state index in [-0.39, 0.29) is 11.7 Å². The number of benzene rings is 2. The molecule has 24 heavy (non-hydrogen) atoms. The van der Waals surface area contributed by atoms with E-state index in [1.165, 1.54) is 6.26 Å². The first kappa shape index (κ1) is 18.5. The zero-order chi connectivity index (χ0) is 17.7. The van der Waals surface area contributed by atoms with Gasteiger partial charge >= 0.3 is 0 Å². The van der Waals surface area contributed by atoms with Crippen LogP contribution in [0.25, 0.3) is 0 Å². The third-order valence-electron chi connectivity index (χ3n) is 3.62. The Balaban J connectivity index is 2.15. The Hall–Kier alpha value is -1.85. The molecule has 0 aliphatic rings. The molecule has 2 aromatic carbocycles. The van der Waals surface area contributed by atoms with E-state index in [4.69, 9.17) is 11.6 Å². The first-order valence-corrected chi connectivity index (χ1v) is 10.0. The third kappa shape index (κ3) is 5.08. The number of nitrogens with zero attached hydrogens (tertiary/aromatic N) is 1. The van der Waals surface area contributed by atoms with Gasteiger partial charge in [-0.05, 0) is 36.2 Å². The van der Waals surface area contributed by atoms with Crippen LogP contribution in [0, 0.1) is 0 Å². The van der Waals surface area contributed by atoms with Crippen molar-refractivity contribution >= 4 is 27.3 Å². The molecule has 0 aromatic heterocycles. The minimum atomic E-state index is -3.09. The quantitative estimate of drug-likeness (QED) is 0.786. The first-order valence-electron chi connectivity index (χ1n) is 7.59. The fraction of sp³-hybridized carbons (Fsp3) is 0.278. The number of hydrogen-bond donors (Lipinski definition) is 0. The van der Waals surface area contributed by atoms with E-state index in [0.717, 1.165) is 5.56 Å². The van der Waals surface area contributed by atoms with Crippen LogP contribution in [0.15, 0.2) is 48.5 Å². The average molecular weight is 366 g/mol. The van der Waals surface area contributed by atoms with Crippen molar-refractivity contribution in [3.05, 3.63) is 70.2 Å². The second-order valence-electron chi connectivity index (χ2n) is 5.68. The van der Waals surface area contributed by atoms with Crippen molar-refractivity contribution in [2.24, 2.45) is 0 Å². The summed E-state index contributed by atoms with van der Waals surface area (Å²) in [6, 6.07) is 14.1. The topological polar surface area (TPSA) is 54.5 Å². The molecule has 0 aliphatic carbocycles. The molecule has 0 radical (unpaired) electrons. The zero-order valence-electron chi connectivity index (χ0n) is 13.7. The number of carbonyl (C=O) groups excluding carboxylic acids is 1. The van der Waals surface area contributed by atoms with E-state index >= 15 is 0 Å². The van der Waals surface area contributed by atoms with E-state index < -0.39 is 9.84 Å². The molecule has 0 aliphatic heterocycles. The second kappa shape index (κ2) is 7.81. The molecular weight excluding hydrogens is 346 g/mol. The van der Waals surface area contributed by atoms with Crippen LogP contribution < -0.4 is 0 Å². The summed E-state index contributed by atoms with van der Waals surface area (Å²) in [5.41, 5.74) is 2.09. The van der Waals surface area contributed by atoms with Gasteiger partial charge in [-0.3, -0.25) is 4.79 Å². The van der Waals surface area contributed by atoms with Gasteiger partial charge in [0.2, 0.25) is 0 Å². The molecule has 0 bridgehead atoms. The summed E-state index contributed by atoms with van der Waals surface area (Å²) in [5, 5.41) is 0.632. The van der Waals surface area contributed by atoms with Crippen LogP contribution in [0.3, 0.4) is 0 Å². The van der Waals surface area contributed by atoms with Gasteiger partial charge in [0.1, 0.15) is 0 Å². The van der Waals surface area contributed by atoms with Crippen molar-refractivity contribution in [2.75, 3.05) is 12.8 Å². The second-order valence-corrected chi connectivity index (χ2v) is 8.23. The molecule has 0 unspecified atom stereocenters. The van der Waals surface area contributed by atoms with Gasteiger partial charge in [-0.1, -0.05) is 41.9 Å². The molecule has 6 heteroatoms. The SMILES string of the molecule is CCN(Cc1ccccc1Cl)C(=O)c1ccc(CS(C)(=O)=O)cc1. The minimum absolute atomic E-state index is 0.0292. The van der Waals surface area contributed by atoms with Crippen LogP contribution in [-0.4, -0.2) is 32.0 Å². The summed E-state index contributed by atoms with van der Waals surface area (Å²) in [6.07, 6.45) is 1.19. The first-order chi connectivity index (χ1) is 11.3. The highest BCUT2D eigenvalue weighted by atomic mass is 35.5. The van der Waals surface area contributed by atoms with E-state index in [9.17, 15) is 13.2 Å². The van der Waals surface area contributed by atoms with E-state index in [1.807, 2.05) is 25.1 Å². The van der Waals surface area contributed by atoms with Gasteiger partial charge in [0.25, 0.3) is 5.91 Å². The van der Waals surface area contributed by atoms with Crippen LogP contribution in [-0.2, 0) is 22.1 Å². The standard InChI is InChI=1S/C18H20ClNO3S/c1-3-20(12-16-6-4-5-7-17(16)19)18(21)15-10-8-14(9-11-15)13-24(2,22)23/h4-11H,3,12-13H2,1-2H3. The maximum Gasteiger partial charge on any atom is 0.254 e. The molecule has 2 aromatic rings. The normalized spacial score (nSPS) is 11.3. The highest BCUT2D eigenvalue weighted by molar-refractivity contribution is 7.89. The van der Waals surface area contributed by atoms with Crippen molar-refractivity contribution in [3.63, 3.8) is 0 Å². The molecular formula is C18H20ClNO3S. The van der Waals surface area contributed by atoms with Crippen LogP contribution in [0.5, 0.6) is 0 Å². The Kier molecular flexibility index (Phi) is 6.02. The monoisotopic (exact) mass is 365 g/mol. The molecule has 1 amide bonds. The van der Waals surface area contributed by atoms with Gasteiger partial charge in [0.05, 0.1) is 5.75 Å². The highest BCUT2D eigenvalue weighted by Gasteiger charge is 2.16. The maximum absolute atomic E-state index is 12.7. The highest BCUT2D eigenvalue weighted by Crippen LogP contribution is 2.18. The largest absolute Gasteiger partial charge is 0.335 e. The maximum atomic E-state index is 12.7. The summed E-state index contributed by atoms with van der Waals surface area (Å²) < 4.78 is 22.6. The van der Waals surface area contributed by atoms with Crippen LogP contribution in [0.4, 0.5) is 0 Å². The van der Waals surface area contributed by atoms with Gasteiger partial charge in [-0.2, -0.15) is 0 Å². The fourth-order valence-corrected chi connectivity index (χ4v) is 3.38. The summed E-state index contributed by atoms with van der Waals surface area (Å²) in [7, 11) is -3.09. The van der Waals surface area contributed by atoms with Crippen molar-refractivity contribution < 1.29 is 13.2 Å². The zero-order valence-corrected chi connectivity index (χ0v) is 15.3. The van der Waals surface area contributed by atoms with Gasteiger partial charge < -0.3 is 4.90 Å². The smallest absolute Gasteiger partial charge is 0.254 e. The van der Waals surface area contributed by atoms with Crippen LogP contribution in [0.2, 0.25) is 5.02 Å². The fourth-order valence-electron chi connectivity index (χ4n) is 2.39. The molecule has 0 atom stereocenters. The van der Waals surface area contributed by atoms with Gasteiger partial charge in [-0.25, -0.2) is 8.42 Å². The molecule has 0 saturated carbocycles. The molecule has 0 spiro atoms. The number of rotatable bonds is 6. The molecule has 0 saturated heterocycles. The number of carbonyl (C=O) groups is 1. The Labute approximate surface area is 148 Å². The lowest BCUT2D eigenvalue weighted by molar-refractivity contribution is 0.0752. The van der Waals surface area contributed by atoms with E-state index in [2.05, 4.69) is 0 Å². The van der Waals surface area contributed by atoms with Crippen molar-refractivity contribution in [1.29, 1.82) is 0 Å². The average Bonchev–Trinajstić information content (AvgIpc) is 2.53. The summed E-state index contributed by atoms with van der Waals surface area (Å²) in [4.78, 5) is 14.4.